The minimum Gasteiger partial charge on any atom is -0.497 e. The summed E-state index contributed by atoms with van der Waals surface area (Å²) in [5.41, 5.74) is 2.97. The van der Waals surface area contributed by atoms with Crippen LogP contribution < -0.4 is 4.74 Å². The highest BCUT2D eigenvalue weighted by Gasteiger charge is 2.19. The van der Waals surface area contributed by atoms with Crippen LogP contribution in [0.3, 0.4) is 0 Å². The van der Waals surface area contributed by atoms with Gasteiger partial charge in [0.25, 0.3) is 0 Å². The molecule has 0 radical (unpaired) electrons. The number of ketones is 1. The summed E-state index contributed by atoms with van der Waals surface area (Å²) in [6.45, 7) is 0.0186. The molecular formula is C23H21NO4. The predicted molar refractivity (Wildman–Crippen MR) is 108 cm³/mol. The highest BCUT2D eigenvalue weighted by Crippen LogP contribution is 2.31. The fourth-order valence-electron chi connectivity index (χ4n) is 3.58. The van der Waals surface area contributed by atoms with Gasteiger partial charge in [-0.05, 0) is 48.2 Å². The smallest absolute Gasteiger partial charge is 0.163 e. The van der Waals surface area contributed by atoms with Crippen LogP contribution in [0, 0.1) is 0 Å². The third kappa shape index (κ3) is 3.49. The Morgan fingerprint density at radius 2 is 2.00 bits per heavy atom. The number of furan rings is 1. The van der Waals surface area contributed by atoms with Crippen molar-refractivity contribution in [3.63, 3.8) is 0 Å². The van der Waals surface area contributed by atoms with E-state index in [1.54, 1.807) is 25.6 Å². The third-order valence-corrected chi connectivity index (χ3v) is 5.07. The van der Waals surface area contributed by atoms with E-state index in [9.17, 15) is 9.90 Å². The zero-order valence-corrected chi connectivity index (χ0v) is 15.6. The quantitative estimate of drug-likeness (QED) is 0.473. The molecule has 4 aromatic rings. The van der Waals surface area contributed by atoms with Gasteiger partial charge in [0.1, 0.15) is 11.3 Å². The second kappa shape index (κ2) is 7.82. The first-order valence-electron chi connectivity index (χ1n) is 9.24. The van der Waals surface area contributed by atoms with Gasteiger partial charge >= 0.3 is 0 Å². The molecule has 0 aliphatic rings. The van der Waals surface area contributed by atoms with E-state index in [-0.39, 0.29) is 18.3 Å². The van der Waals surface area contributed by atoms with E-state index < -0.39 is 0 Å². The number of methoxy groups -OCH3 is 1. The molecule has 142 valence electrons. The van der Waals surface area contributed by atoms with Gasteiger partial charge in [-0.25, -0.2) is 0 Å². The SMILES string of the molecule is COc1cccc(C(CCO)CC(=O)c2ccc3c(c2)oc2cnccc23)c1. The maximum Gasteiger partial charge on any atom is 0.163 e. The number of aliphatic hydroxyl groups is 1. The molecular weight excluding hydrogens is 354 g/mol. The van der Waals surface area contributed by atoms with Crippen LogP contribution in [0.4, 0.5) is 0 Å². The van der Waals surface area contributed by atoms with Crippen LogP contribution in [0.1, 0.15) is 34.7 Å². The van der Waals surface area contributed by atoms with Gasteiger partial charge in [-0.2, -0.15) is 0 Å². The van der Waals surface area contributed by atoms with Gasteiger partial charge in [0.05, 0.1) is 13.3 Å². The van der Waals surface area contributed by atoms with Crippen molar-refractivity contribution in [3.05, 3.63) is 72.1 Å². The van der Waals surface area contributed by atoms with E-state index in [0.717, 1.165) is 22.1 Å². The van der Waals surface area contributed by atoms with Crippen molar-refractivity contribution in [2.75, 3.05) is 13.7 Å². The first-order chi connectivity index (χ1) is 13.7. The lowest BCUT2D eigenvalue weighted by Crippen LogP contribution is -2.09. The van der Waals surface area contributed by atoms with E-state index >= 15 is 0 Å². The molecule has 28 heavy (non-hydrogen) atoms. The Bertz CT molecular complexity index is 1130. The average molecular weight is 375 g/mol. The lowest BCUT2D eigenvalue weighted by molar-refractivity contribution is 0.0969. The molecule has 1 N–H and O–H groups in total. The summed E-state index contributed by atoms with van der Waals surface area (Å²) < 4.78 is 11.1. The molecule has 5 heteroatoms. The summed E-state index contributed by atoms with van der Waals surface area (Å²) in [7, 11) is 1.61. The number of benzene rings is 2. The summed E-state index contributed by atoms with van der Waals surface area (Å²) in [5, 5.41) is 11.4. The summed E-state index contributed by atoms with van der Waals surface area (Å²) in [6, 6.07) is 15.1. The summed E-state index contributed by atoms with van der Waals surface area (Å²) >= 11 is 0. The van der Waals surface area contributed by atoms with E-state index in [0.29, 0.717) is 29.6 Å². The van der Waals surface area contributed by atoms with Crippen molar-refractivity contribution < 1.29 is 19.1 Å². The molecule has 2 aromatic heterocycles. The number of hydrogen-bond donors (Lipinski definition) is 1. The minimum atomic E-state index is -0.0804. The Morgan fingerprint density at radius 3 is 2.82 bits per heavy atom. The first-order valence-corrected chi connectivity index (χ1v) is 9.24. The number of carbonyl (C=O) groups is 1. The second-order valence-electron chi connectivity index (χ2n) is 6.80. The van der Waals surface area contributed by atoms with Crippen molar-refractivity contribution >= 4 is 27.7 Å². The fourth-order valence-corrected chi connectivity index (χ4v) is 3.58. The van der Waals surface area contributed by atoms with E-state index in [1.165, 1.54) is 0 Å². The molecule has 0 fully saturated rings. The number of nitrogens with zero attached hydrogens (tertiary/aromatic N) is 1. The van der Waals surface area contributed by atoms with Gasteiger partial charge in [0.2, 0.25) is 0 Å². The first kappa shape index (κ1) is 18.2. The number of rotatable bonds is 7. The Labute approximate surface area is 162 Å². The molecule has 0 aliphatic heterocycles. The van der Waals surface area contributed by atoms with Gasteiger partial charge < -0.3 is 14.3 Å². The van der Waals surface area contributed by atoms with Crippen LogP contribution in [0.25, 0.3) is 21.9 Å². The Kier molecular flexibility index (Phi) is 5.08. The molecule has 4 rings (SSSR count). The van der Waals surface area contributed by atoms with Gasteiger partial charge in [0, 0.05) is 35.6 Å². The standard InChI is InChI=1S/C23H21NO4/c1-27-18-4-2-3-15(11-18)16(8-10-25)12-21(26)17-5-6-19-20-7-9-24-14-23(20)28-22(19)13-17/h2-7,9,11,13-14,16,25H,8,10,12H2,1H3. The van der Waals surface area contributed by atoms with Gasteiger partial charge in [-0.3, -0.25) is 9.78 Å². The second-order valence-corrected chi connectivity index (χ2v) is 6.80. The minimum absolute atomic E-state index is 0.0155. The van der Waals surface area contributed by atoms with E-state index in [4.69, 9.17) is 9.15 Å². The fraction of sp³-hybridized carbons (Fsp3) is 0.217. The molecule has 0 spiro atoms. The van der Waals surface area contributed by atoms with Crippen LogP contribution in [-0.4, -0.2) is 29.6 Å². The van der Waals surface area contributed by atoms with Crippen molar-refractivity contribution in [2.24, 2.45) is 0 Å². The lowest BCUT2D eigenvalue weighted by Gasteiger charge is -2.16. The number of aliphatic hydroxyl groups excluding tert-OH is 1. The Morgan fingerprint density at radius 1 is 1.14 bits per heavy atom. The van der Waals surface area contributed by atoms with E-state index in [1.807, 2.05) is 42.5 Å². The maximum atomic E-state index is 12.9. The summed E-state index contributed by atoms with van der Waals surface area (Å²) in [5.74, 6) is 0.676. The molecule has 0 aliphatic carbocycles. The van der Waals surface area contributed by atoms with Crippen molar-refractivity contribution in [1.29, 1.82) is 0 Å². The number of Topliss-reactive ketones (excluding diaryl/α,β-unsaturated/α-hetero) is 1. The molecule has 1 unspecified atom stereocenters. The van der Waals surface area contributed by atoms with Crippen LogP contribution in [-0.2, 0) is 0 Å². The molecule has 0 bridgehead atoms. The van der Waals surface area contributed by atoms with Crippen LogP contribution in [0.15, 0.2) is 65.3 Å². The van der Waals surface area contributed by atoms with Gasteiger partial charge in [-0.15, -0.1) is 0 Å². The van der Waals surface area contributed by atoms with Crippen molar-refractivity contribution in [2.45, 2.75) is 18.8 Å². The molecule has 0 saturated carbocycles. The molecule has 2 aromatic carbocycles. The largest absolute Gasteiger partial charge is 0.497 e. The van der Waals surface area contributed by atoms with Crippen LogP contribution in [0.5, 0.6) is 5.75 Å². The molecule has 0 amide bonds. The highest BCUT2D eigenvalue weighted by molar-refractivity contribution is 6.07. The summed E-state index contributed by atoms with van der Waals surface area (Å²) in [4.78, 5) is 17.0. The van der Waals surface area contributed by atoms with Crippen molar-refractivity contribution in [3.8, 4) is 5.75 Å². The average Bonchev–Trinajstić information content (AvgIpc) is 3.11. The third-order valence-electron chi connectivity index (χ3n) is 5.07. The highest BCUT2D eigenvalue weighted by atomic mass is 16.5. The number of hydrogen-bond acceptors (Lipinski definition) is 5. The van der Waals surface area contributed by atoms with E-state index in [2.05, 4.69) is 4.98 Å². The number of aromatic nitrogens is 1. The zero-order valence-electron chi connectivity index (χ0n) is 15.6. The van der Waals surface area contributed by atoms with Crippen LogP contribution >= 0.6 is 0 Å². The zero-order chi connectivity index (χ0) is 19.5. The van der Waals surface area contributed by atoms with Crippen LogP contribution in [0.2, 0.25) is 0 Å². The Balaban J connectivity index is 1.62. The van der Waals surface area contributed by atoms with Gasteiger partial charge in [-0.1, -0.05) is 18.2 Å². The Hall–Kier alpha value is -3.18. The molecule has 1 atom stereocenters. The van der Waals surface area contributed by atoms with Gasteiger partial charge in [0.15, 0.2) is 11.4 Å². The monoisotopic (exact) mass is 375 g/mol. The predicted octanol–water partition coefficient (Wildman–Crippen LogP) is 4.73. The maximum absolute atomic E-state index is 12.9. The normalized spacial score (nSPS) is 12.4. The molecule has 0 saturated heterocycles. The van der Waals surface area contributed by atoms with Crippen molar-refractivity contribution in [1.82, 2.24) is 4.98 Å². The topological polar surface area (TPSA) is 72.6 Å². The molecule has 2 heterocycles. The number of fused-ring (bicyclic) bond motifs is 3. The molecule has 5 nitrogen and oxygen atoms in total. The number of pyridine rings is 1. The number of ether oxygens (including phenoxy) is 1. The summed E-state index contributed by atoms with van der Waals surface area (Å²) in [6.07, 6.45) is 4.22. The number of carbonyl (C=O) groups excluding carboxylic acids is 1. The lowest BCUT2D eigenvalue weighted by atomic mass is 9.89.